The van der Waals surface area contributed by atoms with Gasteiger partial charge in [0.05, 0.1) is 5.38 Å². The summed E-state index contributed by atoms with van der Waals surface area (Å²) in [5, 5.41) is 1.01. The Morgan fingerprint density at radius 1 is 1.50 bits per heavy atom. The second-order valence-electron chi connectivity index (χ2n) is 2.69. The highest BCUT2D eigenvalue weighted by molar-refractivity contribution is 6.32. The summed E-state index contributed by atoms with van der Waals surface area (Å²) >= 11 is 11.8. The lowest BCUT2D eigenvalue weighted by molar-refractivity contribution is 0.909. The predicted octanol–water partition coefficient (Wildman–Crippen LogP) is 3.46. The maximum absolute atomic E-state index is 5.97. The summed E-state index contributed by atoms with van der Waals surface area (Å²) in [5.41, 5.74) is 2.35. The number of rotatable bonds is 0. The van der Waals surface area contributed by atoms with Gasteiger partial charge in [0.2, 0.25) is 0 Å². The van der Waals surface area contributed by atoms with Gasteiger partial charge in [-0.15, -0.1) is 11.6 Å². The van der Waals surface area contributed by atoms with Crippen molar-refractivity contribution in [3.8, 4) is 0 Å². The molecule has 0 aromatic heterocycles. The molecule has 0 saturated heterocycles. The zero-order valence-corrected chi connectivity index (χ0v) is 7.63. The summed E-state index contributed by atoms with van der Waals surface area (Å²) in [6, 6.07) is 0. The van der Waals surface area contributed by atoms with Crippen molar-refractivity contribution in [3.63, 3.8) is 0 Å². The van der Waals surface area contributed by atoms with Gasteiger partial charge >= 0.3 is 0 Å². The third-order valence-corrected chi connectivity index (χ3v) is 2.67. The third-order valence-electron chi connectivity index (χ3n) is 1.74. The smallest absolute Gasteiger partial charge is 0.0583 e. The number of hydrogen-bond donors (Lipinski definition) is 0. The van der Waals surface area contributed by atoms with Crippen LogP contribution in [-0.2, 0) is 0 Å². The molecule has 56 valence electrons. The lowest BCUT2D eigenvalue weighted by Gasteiger charge is -2.16. The largest absolute Gasteiger partial charge is 0.118 e. The minimum absolute atomic E-state index is 0.155. The Morgan fingerprint density at radius 2 is 2.10 bits per heavy atom. The van der Waals surface area contributed by atoms with Crippen molar-refractivity contribution in [2.24, 2.45) is 0 Å². The molecule has 0 heterocycles. The van der Waals surface area contributed by atoms with Crippen LogP contribution >= 0.6 is 23.2 Å². The van der Waals surface area contributed by atoms with Gasteiger partial charge in [-0.05, 0) is 26.3 Å². The first kappa shape index (κ1) is 8.16. The van der Waals surface area contributed by atoms with Gasteiger partial charge in [0.1, 0.15) is 0 Å². The average Bonchev–Trinajstić information content (AvgIpc) is 1.84. The molecule has 0 fully saturated rings. The summed E-state index contributed by atoms with van der Waals surface area (Å²) in [5.74, 6) is 0. The molecule has 0 aromatic rings. The van der Waals surface area contributed by atoms with E-state index in [1.54, 1.807) is 0 Å². The Labute approximate surface area is 71.5 Å². The fourth-order valence-corrected chi connectivity index (χ4v) is 1.48. The van der Waals surface area contributed by atoms with E-state index < -0.39 is 0 Å². The molecule has 0 aliphatic heterocycles. The molecule has 0 amide bonds. The van der Waals surface area contributed by atoms with Crippen LogP contribution in [0.4, 0.5) is 0 Å². The van der Waals surface area contributed by atoms with Crippen LogP contribution in [0.2, 0.25) is 0 Å². The van der Waals surface area contributed by atoms with E-state index >= 15 is 0 Å². The summed E-state index contributed by atoms with van der Waals surface area (Å²) in [4.78, 5) is 0. The van der Waals surface area contributed by atoms with Crippen molar-refractivity contribution in [1.29, 1.82) is 0 Å². The molecule has 0 nitrogen and oxygen atoms in total. The fraction of sp³-hybridized carbons (Fsp3) is 0.500. The van der Waals surface area contributed by atoms with Gasteiger partial charge in [0.15, 0.2) is 0 Å². The Bertz CT molecular complexity index is 201. The molecule has 0 aromatic carbocycles. The molecule has 0 bridgehead atoms. The third kappa shape index (κ3) is 1.56. The molecular formula is C8H10Cl2. The molecule has 2 heteroatoms. The SMILES string of the molecule is CC1=CC(Cl)=C(C)CC1Cl. The van der Waals surface area contributed by atoms with Gasteiger partial charge in [-0.1, -0.05) is 22.7 Å². The van der Waals surface area contributed by atoms with Crippen LogP contribution < -0.4 is 0 Å². The Balaban J connectivity index is 2.88. The zero-order valence-electron chi connectivity index (χ0n) is 6.12. The van der Waals surface area contributed by atoms with Gasteiger partial charge in [-0.3, -0.25) is 0 Å². The molecule has 0 spiro atoms. The van der Waals surface area contributed by atoms with Crippen molar-refractivity contribution in [1.82, 2.24) is 0 Å². The Hall–Kier alpha value is 0.0600. The van der Waals surface area contributed by atoms with Gasteiger partial charge in [-0.2, -0.15) is 0 Å². The molecule has 1 rings (SSSR count). The van der Waals surface area contributed by atoms with Gasteiger partial charge in [-0.25, -0.2) is 0 Å². The van der Waals surface area contributed by atoms with Crippen LogP contribution in [-0.4, -0.2) is 5.38 Å². The van der Waals surface area contributed by atoms with E-state index in [9.17, 15) is 0 Å². The van der Waals surface area contributed by atoms with Crippen molar-refractivity contribution in [3.05, 3.63) is 22.3 Å². The van der Waals surface area contributed by atoms with E-state index in [-0.39, 0.29) is 5.38 Å². The highest BCUT2D eigenvalue weighted by atomic mass is 35.5. The maximum Gasteiger partial charge on any atom is 0.0583 e. The predicted molar refractivity (Wildman–Crippen MR) is 46.6 cm³/mol. The van der Waals surface area contributed by atoms with E-state index in [1.807, 2.05) is 19.9 Å². The molecular weight excluding hydrogens is 167 g/mol. The minimum Gasteiger partial charge on any atom is -0.118 e. The van der Waals surface area contributed by atoms with Crippen LogP contribution in [0.3, 0.4) is 0 Å². The van der Waals surface area contributed by atoms with E-state index in [2.05, 4.69) is 0 Å². The van der Waals surface area contributed by atoms with Crippen molar-refractivity contribution in [2.45, 2.75) is 25.6 Å². The van der Waals surface area contributed by atoms with Crippen molar-refractivity contribution >= 4 is 23.2 Å². The van der Waals surface area contributed by atoms with Gasteiger partial charge < -0.3 is 0 Å². The topological polar surface area (TPSA) is 0 Å². The molecule has 0 N–H and O–H groups in total. The van der Waals surface area contributed by atoms with Crippen LogP contribution in [0.25, 0.3) is 0 Å². The number of hydrogen-bond acceptors (Lipinski definition) is 0. The molecule has 0 saturated carbocycles. The summed E-state index contributed by atoms with van der Waals surface area (Å²) < 4.78 is 0. The molecule has 10 heavy (non-hydrogen) atoms. The van der Waals surface area contributed by atoms with Crippen LogP contribution in [0.1, 0.15) is 20.3 Å². The summed E-state index contributed by atoms with van der Waals surface area (Å²) in [7, 11) is 0. The van der Waals surface area contributed by atoms with Crippen molar-refractivity contribution < 1.29 is 0 Å². The molecule has 0 radical (unpaired) electrons. The fourth-order valence-electron chi connectivity index (χ4n) is 0.941. The first-order valence-electron chi connectivity index (χ1n) is 3.29. The maximum atomic E-state index is 5.97. The van der Waals surface area contributed by atoms with Crippen LogP contribution in [0, 0.1) is 0 Å². The van der Waals surface area contributed by atoms with Gasteiger partial charge in [0.25, 0.3) is 0 Å². The lowest BCUT2D eigenvalue weighted by Crippen LogP contribution is -2.05. The first-order valence-corrected chi connectivity index (χ1v) is 4.10. The average molecular weight is 177 g/mol. The van der Waals surface area contributed by atoms with Gasteiger partial charge in [0, 0.05) is 5.03 Å². The lowest BCUT2D eigenvalue weighted by atomic mass is 10.0. The molecule has 1 atom stereocenters. The summed E-state index contributed by atoms with van der Waals surface area (Å²) in [6.07, 6.45) is 2.83. The number of alkyl halides is 1. The first-order chi connectivity index (χ1) is 4.61. The normalized spacial score (nSPS) is 26.8. The quantitative estimate of drug-likeness (QED) is 0.497. The van der Waals surface area contributed by atoms with Crippen LogP contribution in [0.15, 0.2) is 22.3 Å². The summed E-state index contributed by atoms with van der Waals surface area (Å²) in [6.45, 7) is 4.02. The Kier molecular flexibility index (Phi) is 2.43. The highest BCUT2D eigenvalue weighted by Crippen LogP contribution is 2.29. The Morgan fingerprint density at radius 3 is 2.60 bits per heavy atom. The monoisotopic (exact) mass is 176 g/mol. The van der Waals surface area contributed by atoms with E-state index in [0.717, 1.165) is 17.0 Å². The van der Waals surface area contributed by atoms with Crippen LogP contribution in [0.5, 0.6) is 0 Å². The standard InChI is InChI=1S/C8H10Cl2/c1-5-3-8(10)6(2)4-7(5)9/h3,7H,4H2,1-2H3. The second-order valence-corrected chi connectivity index (χ2v) is 3.62. The highest BCUT2D eigenvalue weighted by Gasteiger charge is 2.14. The number of halogens is 2. The minimum atomic E-state index is 0.155. The second kappa shape index (κ2) is 2.98. The van der Waals surface area contributed by atoms with Crippen molar-refractivity contribution in [2.75, 3.05) is 0 Å². The zero-order chi connectivity index (χ0) is 7.72. The van der Waals surface area contributed by atoms with E-state index in [4.69, 9.17) is 23.2 Å². The molecule has 1 unspecified atom stereocenters. The molecule has 1 aliphatic rings. The molecule has 1 aliphatic carbocycles. The van der Waals surface area contributed by atoms with E-state index in [1.165, 1.54) is 5.57 Å². The number of allylic oxidation sites excluding steroid dienone is 4. The van der Waals surface area contributed by atoms with E-state index in [0.29, 0.717) is 0 Å².